The lowest BCUT2D eigenvalue weighted by atomic mass is 10.1. The molecule has 0 aliphatic heterocycles. The summed E-state index contributed by atoms with van der Waals surface area (Å²) < 4.78 is 5.34. The number of aromatic nitrogens is 2. The van der Waals surface area contributed by atoms with E-state index in [4.69, 9.17) is 4.74 Å². The van der Waals surface area contributed by atoms with Crippen LogP contribution in [0.3, 0.4) is 0 Å². The summed E-state index contributed by atoms with van der Waals surface area (Å²) in [6.07, 6.45) is 3.19. The van der Waals surface area contributed by atoms with Gasteiger partial charge in [-0.3, -0.25) is 0 Å². The van der Waals surface area contributed by atoms with Crippen LogP contribution in [0.25, 0.3) is 11.1 Å². The molecular formula is C12H12N2O2. The molecule has 0 saturated heterocycles. The van der Waals surface area contributed by atoms with Gasteiger partial charge < -0.3 is 9.72 Å². The van der Waals surface area contributed by atoms with Gasteiger partial charge >= 0.3 is 5.69 Å². The molecule has 16 heavy (non-hydrogen) atoms. The quantitative estimate of drug-likeness (QED) is 0.851. The third-order valence-electron chi connectivity index (χ3n) is 2.17. The summed E-state index contributed by atoms with van der Waals surface area (Å²) in [5.74, 6) is 0.837. The Morgan fingerprint density at radius 1 is 1.25 bits per heavy atom. The number of rotatable bonds is 3. The van der Waals surface area contributed by atoms with E-state index < -0.39 is 0 Å². The first kappa shape index (κ1) is 10.4. The number of aromatic amines is 1. The molecule has 4 heteroatoms. The minimum absolute atomic E-state index is 0.338. The summed E-state index contributed by atoms with van der Waals surface area (Å²) in [7, 11) is 0. The minimum Gasteiger partial charge on any atom is -0.494 e. The number of H-pyrrole nitrogens is 1. The summed E-state index contributed by atoms with van der Waals surface area (Å²) in [4.78, 5) is 17.0. The van der Waals surface area contributed by atoms with Gasteiger partial charge in [0.15, 0.2) is 0 Å². The lowest BCUT2D eigenvalue weighted by Gasteiger charge is -2.04. The Morgan fingerprint density at radius 3 is 2.56 bits per heavy atom. The van der Waals surface area contributed by atoms with Crippen LogP contribution >= 0.6 is 0 Å². The zero-order valence-corrected chi connectivity index (χ0v) is 8.93. The number of nitrogens with zero attached hydrogens (tertiary/aromatic N) is 1. The van der Waals surface area contributed by atoms with E-state index in [2.05, 4.69) is 9.97 Å². The second-order valence-corrected chi connectivity index (χ2v) is 3.26. The lowest BCUT2D eigenvalue weighted by Crippen LogP contribution is -2.07. The molecule has 1 heterocycles. The van der Waals surface area contributed by atoms with Crippen molar-refractivity contribution in [3.63, 3.8) is 0 Å². The summed E-state index contributed by atoms with van der Waals surface area (Å²) in [6, 6.07) is 7.65. The maximum Gasteiger partial charge on any atom is 0.344 e. The molecule has 2 rings (SSSR count). The molecule has 0 unspecified atom stereocenters. The van der Waals surface area contributed by atoms with Gasteiger partial charge in [-0.1, -0.05) is 12.1 Å². The average molecular weight is 216 g/mol. The van der Waals surface area contributed by atoms with Crippen LogP contribution in [0.1, 0.15) is 6.92 Å². The van der Waals surface area contributed by atoms with Gasteiger partial charge in [0.1, 0.15) is 5.75 Å². The van der Waals surface area contributed by atoms with Gasteiger partial charge in [-0.05, 0) is 24.6 Å². The van der Waals surface area contributed by atoms with Gasteiger partial charge in [-0.15, -0.1) is 0 Å². The van der Waals surface area contributed by atoms with Crippen LogP contribution < -0.4 is 10.4 Å². The standard InChI is InChI=1S/C12H12N2O2/c1-2-16-11-5-3-9(4-6-11)10-7-13-12(15)14-8-10/h3-8H,2H2,1H3,(H,13,14,15). The Kier molecular flexibility index (Phi) is 3.00. The van der Waals surface area contributed by atoms with Crippen molar-refractivity contribution in [3.8, 4) is 16.9 Å². The first-order chi connectivity index (χ1) is 7.79. The van der Waals surface area contributed by atoms with E-state index in [9.17, 15) is 4.79 Å². The fourth-order valence-corrected chi connectivity index (χ4v) is 1.41. The SMILES string of the molecule is CCOc1ccc(-c2cnc(=O)[nH]c2)cc1. The van der Waals surface area contributed by atoms with Crippen molar-refractivity contribution < 1.29 is 4.74 Å². The fourth-order valence-electron chi connectivity index (χ4n) is 1.41. The van der Waals surface area contributed by atoms with Crippen LogP contribution in [0.15, 0.2) is 41.5 Å². The van der Waals surface area contributed by atoms with Gasteiger partial charge in [0.25, 0.3) is 0 Å². The van der Waals surface area contributed by atoms with Crippen molar-refractivity contribution in [1.82, 2.24) is 9.97 Å². The molecule has 0 atom stereocenters. The van der Waals surface area contributed by atoms with Gasteiger partial charge in [0, 0.05) is 18.0 Å². The van der Waals surface area contributed by atoms with Crippen molar-refractivity contribution in [2.24, 2.45) is 0 Å². The molecule has 2 aromatic rings. The third kappa shape index (κ3) is 2.28. The zero-order chi connectivity index (χ0) is 11.4. The Hall–Kier alpha value is -2.10. The van der Waals surface area contributed by atoms with E-state index in [0.29, 0.717) is 6.61 Å². The number of ether oxygens (including phenoxy) is 1. The van der Waals surface area contributed by atoms with Gasteiger partial charge in [-0.25, -0.2) is 9.78 Å². The molecule has 0 aliphatic rings. The van der Waals surface area contributed by atoms with Crippen LogP contribution in [-0.4, -0.2) is 16.6 Å². The average Bonchev–Trinajstić information content (AvgIpc) is 2.32. The predicted octanol–water partition coefficient (Wildman–Crippen LogP) is 1.84. The smallest absolute Gasteiger partial charge is 0.344 e. The molecule has 0 aliphatic carbocycles. The summed E-state index contributed by atoms with van der Waals surface area (Å²) in [5, 5.41) is 0. The molecule has 82 valence electrons. The molecule has 0 radical (unpaired) electrons. The fraction of sp³-hybridized carbons (Fsp3) is 0.167. The van der Waals surface area contributed by atoms with Gasteiger partial charge in [0.05, 0.1) is 6.61 Å². The summed E-state index contributed by atoms with van der Waals surface area (Å²) in [6.45, 7) is 2.60. The highest BCUT2D eigenvalue weighted by atomic mass is 16.5. The molecule has 0 saturated carbocycles. The topological polar surface area (TPSA) is 55.0 Å². The van der Waals surface area contributed by atoms with Crippen LogP contribution in [0.4, 0.5) is 0 Å². The number of benzene rings is 1. The first-order valence-electron chi connectivity index (χ1n) is 5.07. The Labute approximate surface area is 92.9 Å². The van der Waals surface area contributed by atoms with Crippen molar-refractivity contribution >= 4 is 0 Å². The number of hydrogen-bond donors (Lipinski definition) is 1. The lowest BCUT2D eigenvalue weighted by molar-refractivity contribution is 0.340. The Bertz CT molecular complexity index is 497. The Morgan fingerprint density at radius 2 is 2.00 bits per heavy atom. The van der Waals surface area contributed by atoms with Gasteiger partial charge in [-0.2, -0.15) is 0 Å². The molecule has 0 spiro atoms. The van der Waals surface area contributed by atoms with E-state index in [1.54, 1.807) is 12.4 Å². The molecule has 1 N–H and O–H groups in total. The number of nitrogens with one attached hydrogen (secondary N) is 1. The van der Waals surface area contributed by atoms with Gasteiger partial charge in [0.2, 0.25) is 0 Å². The van der Waals surface area contributed by atoms with Crippen LogP contribution in [-0.2, 0) is 0 Å². The molecule has 1 aromatic carbocycles. The molecule has 0 fully saturated rings. The van der Waals surface area contributed by atoms with E-state index in [0.717, 1.165) is 16.9 Å². The van der Waals surface area contributed by atoms with Crippen molar-refractivity contribution in [3.05, 3.63) is 47.1 Å². The predicted molar refractivity (Wildman–Crippen MR) is 61.5 cm³/mol. The second kappa shape index (κ2) is 4.61. The molecular weight excluding hydrogens is 204 g/mol. The molecule has 1 aromatic heterocycles. The largest absolute Gasteiger partial charge is 0.494 e. The maximum atomic E-state index is 10.8. The maximum absolute atomic E-state index is 10.8. The van der Waals surface area contributed by atoms with Crippen LogP contribution in [0, 0.1) is 0 Å². The zero-order valence-electron chi connectivity index (χ0n) is 8.93. The van der Waals surface area contributed by atoms with E-state index >= 15 is 0 Å². The highest BCUT2D eigenvalue weighted by Gasteiger charge is 1.98. The minimum atomic E-state index is -0.338. The molecule has 4 nitrogen and oxygen atoms in total. The van der Waals surface area contributed by atoms with Crippen molar-refractivity contribution in [2.75, 3.05) is 6.61 Å². The molecule has 0 bridgehead atoms. The monoisotopic (exact) mass is 216 g/mol. The normalized spacial score (nSPS) is 10.1. The van der Waals surface area contributed by atoms with E-state index in [1.165, 1.54) is 0 Å². The highest BCUT2D eigenvalue weighted by molar-refractivity contribution is 5.62. The second-order valence-electron chi connectivity index (χ2n) is 3.26. The Balaban J connectivity index is 2.27. The number of hydrogen-bond acceptors (Lipinski definition) is 3. The van der Waals surface area contributed by atoms with E-state index in [1.807, 2.05) is 31.2 Å². The summed E-state index contributed by atoms with van der Waals surface area (Å²) in [5.41, 5.74) is 1.53. The van der Waals surface area contributed by atoms with E-state index in [-0.39, 0.29) is 5.69 Å². The first-order valence-corrected chi connectivity index (χ1v) is 5.07. The highest BCUT2D eigenvalue weighted by Crippen LogP contribution is 2.20. The van der Waals surface area contributed by atoms with Crippen LogP contribution in [0.5, 0.6) is 5.75 Å². The molecule has 0 amide bonds. The summed E-state index contributed by atoms with van der Waals surface area (Å²) >= 11 is 0. The van der Waals surface area contributed by atoms with Crippen LogP contribution in [0.2, 0.25) is 0 Å². The van der Waals surface area contributed by atoms with Crippen molar-refractivity contribution in [1.29, 1.82) is 0 Å². The third-order valence-corrected chi connectivity index (χ3v) is 2.17. The van der Waals surface area contributed by atoms with Crippen molar-refractivity contribution in [2.45, 2.75) is 6.92 Å².